The monoisotopic (exact) mass is 1200 g/mol. The smallest absolute Gasteiger partial charge is 0.349 e. The highest BCUT2D eigenvalue weighted by Gasteiger charge is 2.47. The lowest BCUT2D eigenvalue weighted by Gasteiger charge is -2.39. The molecule has 83 heavy (non-hydrogen) atoms. The van der Waals surface area contributed by atoms with Gasteiger partial charge in [0.1, 0.15) is 35.0 Å². The van der Waals surface area contributed by atoms with Gasteiger partial charge in [-0.05, 0) is 126 Å². The molecule has 0 atom stereocenters. The van der Waals surface area contributed by atoms with Crippen LogP contribution in [0, 0.1) is 0 Å². The number of nitrogens with two attached hydrogens (primary N) is 3. The normalized spacial score (nSPS) is 18.2. The van der Waals surface area contributed by atoms with E-state index < -0.39 is 5.63 Å². The molecular formula is C65H67BrN6O10S. The summed E-state index contributed by atoms with van der Waals surface area (Å²) in [7, 11) is 1.62. The van der Waals surface area contributed by atoms with Crippen molar-refractivity contribution in [3.63, 3.8) is 0 Å². The van der Waals surface area contributed by atoms with Gasteiger partial charge in [0, 0.05) is 103 Å². The zero-order valence-electron chi connectivity index (χ0n) is 46.4. The number of hydrogen-bond donors (Lipinski definition) is 3. The molecule has 9 heterocycles. The molecule has 16 nitrogen and oxygen atoms in total. The number of methoxy groups -OCH3 is 1. The van der Waals surface area contributed by atoms with Crippen LogP contribution in [0.3, 0.4) is 0 Å². The van der Waals surface area contributed by atoms with Gasteiger partial charge in [-0.15, -0.1) is 11.3 Å². The highest BCUT2D eigenvalue weighted by molar-refractivity contribution is 9.11. The van der Waals surface area contributed by atoms with Crippen molar-refractivity contribution in [2.45, 2.75) is 74.4 Å². The first-order chi connectivity index (χ1) is 40.3. The van der Waals surface area contributed by atoms with E-state index in [1.807, 2.05) is 94.7 Å². The SMILES string of the molecule is COc1cccc2c1OCC(C(=O)N1CCC3(CC1)COc1ccc(CN)cc13)=C2.NCc1ccc2c(c1)C1(CCN(C(=O)c3cc4ccccc4oc3=O)CC1)CO2.NCc1ccc2c(c1)C1(CCN(C(=O)c3ccc(Br)s3)CC1)CO2. The number of piperidine rings is 3. The van der Waals surface area contributed by atoms with Crippen LogP contribution in [0.15, 0.2) is 134 Å². The van der Waals surface area contributed by atoms with Gasteiger partial charge in [-0.25, -0.2) is 4.79 Å². The highest BCUT2D eigenvalue weighted by Crippen LogP contribution is 2.49. The minimum Gasteiger partial charge on any atom is -0.493 e. The highest BCUT2D eigenvalue weighted by atomic mass is 79.9. The van der Waals surface area contributed by atoms with Crippen LogP contribution in [0.1, 0.15) is 97.5 Å². The summed E-state index contributed by atoms with van der Waals surface area (Å²) in [6.45, 7) is 7.92. The summed E-state index contributed by atoms with van der Waals surface area (Å²) in [5.74, 6) is 4.15. The van der Waals surface area contributed by atoms with Crippen molar-refractivity contribution in [2.24, 2.45) is 17.2 Å². The van der Waals surface area contributed by atoms with Crippen LogP contribution in [0.25, 0.3) is 17.0 Å². The number of carbonyl (C=O) groups is 3. The molecule has 7 aliphatic heterocycles. The number of rotatable bonds is 7. The van der Waals surface area contributed by atoms with Crippen LogP contribution in [0.4, 0.5) is 0 Å². The summed E-state index contributed by atoms with van der Waals surface area (Å²) in [6.07, 6.45) is 7.15. The Hall–Kier alpha value is -7.48. The quantitative estimate of drug-likeness (QED) is 0.127. The molecule has 5 aromatic carbocycles. The molecule has 0 radical (unpaired) electrons. The Balaban J connectivity index is 0.000000124. The Morgan fingerprint density at radius 1 is 0.578 bits per heavy atom. The second kappa shape index (κ2) is 23.3. The van der Waals surface area contributed by atoms with Gasteiger partial charge in [0.25, 0.3) is 17.7 Å². The summed E-state index contributed by atoms with van der Waals surface area (Å²) < 4.78 is 35.4. The standard InChI is InChI=1S/C24H26N2O4.C23H22N2O4.C18H19BrN2O2S/c1-28-21-4-2-3-17-12-18(14-29-22(17)21)23(27)26-9-7-24(8-10-26)15-30-20-6-5-16(13-25)11-19(20)24;24-13-15-5-6-20-18(11-15)23(14-28-20)7-9-25(10-8-23)21(26)17-12-16-3-1-2-4-19(16)29-22(17)27;19-16-4-3-15(24-16)17(22)21-7-5-18(6-8-21)11-23-14-2-1-12(10-20)9-13(14)18/h2-6,11-12H,7-10,13-15,25H2,1H3;1-6,11-12H,7-10,13-14,24H2;1-4,9H,5-8,10-11,20H2. The third kappa shape index (κ3) is 10.8. The van der Waals surface area contributed by atoms with E-state index >= 15 is 0 Å². The molecule has 3 fully saturated rings. The molecule has 0 bridgehead atoms. The molecule has 3 amide bonds. The van der Waals surface area contributed by atoms with E-state index in [4.69, 9.17) is 45.3 Å². The molecule has 3 saturated heterocycles. The fraction of sp³-hybridized carbons (Fsp3) is 0.354. The maximum Gasteiger partial charge on any atom is 0.349 e. The summed E-state index contributed by atoms with van der Waals surface area (Å²) in [4.78, 5) is 57.6. The van der Waals surface area contributed by atoms with Gasteiger partial charge in [0.05, 0.1) is 41.2 Å². The Morgan fingerprint density at radius 3 is 1.55 bits per heavy atom. The van der Waals surface area contributed by atoms with Crippen LogP contribution in [0.5, 0.6) is 28.7 Å². The fourth-order valence-electron chi connectivity index (χ4n) is 12.9. The van der Waals surface area contributed by atoms with Crippen LogP contribution >= 0.6 is 27.3 Å². The van der Waals surface area contributed by atoms with Crippen molar-refractivity contribution in [2.75, 3.05) is 72.8 Å². The molecule has 18 heteroatoms. The zero-order valence-corrected chi connectivity index (χ0v) is 48.8. The number of likely N-dealkylation sites (tertiary alicyclic amines) is 3. The van der Waals surface area contributed by atoms with E-state index in [0.717, 1.165) is 105 Å². The van der Waals surface area contributed by atoms with Crippen LogP contribution in [-0.4, -0.2) is 105 Å². The van der Waals surface area contributed by atoms with E-state index in [-0.39, 0.29) is 46.1 Å². The molecule has 0 aliphatic carbocycles. The maximum atomic E-state index is 13.2. The number of benzene rings is 5. The Bertz CT molecular complexity index is 3720. The molecular weight excluding hydrogens is 1140 g/mol. The lowest BCUT2D eigenvalue weighted by molar-refractivity contribution is -0.129. The summed E-state index contributed by atoms with van der Waals surface area (Å²) in [5, 5.41) is 0.747. The van der Waals surface area contributed by atoms with Crippen molar-refractivity contribution in [3.8, 4) is 28.7 Å². The van der Waals surface area contributed by atoms with Gasteiger partial charge >= 0.3 is 5.63 Å². The van der Waals surface area contributed by atoms with Crippen molar-refractivity contribution in [3.05, 3.63) is 184 Å². The summed E-state index contributed by atoms with van der Waals surface area (Å²) in [5.41, 5.74) is 26.0. The third-order valence-electron chi connectivity index (χ3n) is 17.9. The minimum absolute atomic E-state index is 0.0191. The van der Waals surface area contributed by atoms with Gasteiger partial charge in [0.15, 0.2) is 11.5 Å². The topological polar surface area (TPSA) is 215 Å². The van der Waals surface area contributed by atoms with Gasteiger partial charge in [-0.1, -0.05) is 66.7 Å². The third-order valence-corrected chi connectivity index (χ3v) is 19.6. The van der Waals surface area contributed by atoms with Crippen LogP contribution in [-0.2, 0) is 40.7 Å². The van der Waals surface area contributed by atoms with E-state index in [1.54, 1.807) is 30.2 Å². The lowest BCUT2D eigenvalue weighted by atomic mass is 9.74. The van der Waals surface area contributed by atoms with Crippen molar-refractivity contribution in [1.82, 2.24) is 14.7 Å². The predicted octanol–water partition coefficient (Wildman–Crippen LogP) is 9.24. The van der Waals surface area contributed by atoms with Crippen molar-refractivity contribution in [1.29, 1.82) is 0 Å². The van der Waals surface area contributed by atoms with Crippen LogP contribution < -0.4 is 46.5 Å². The van der Waals surface area contributed by atoms with Gasteiger partial charge in [-0.3, -0.25) is 14.4 Å². The molecule has 14 rings (SSSR count). The summed E-state index contributed by atoms with van der Waals surface area (Å²) in [6, 6.07) is 37.0. The Labute approximate surface area is 494 Å². The number of thiophene rings is 1. The number of hydrogen-bond acceptors (Lipinski definition) is 14. The minimum atomic E-state index is -0.587. The average Bonchev–Trinajstić information content (AvgIpc) is 4.28. The van der Waals surface area contributed by atoms with E-state index in [0.29, 0.717) is 88.3 Å². The Morgan fingerprint density at radius 2 is 1.07 bits per heavy atom. The Kier molecular flexibility index (Phi) is 15.7. The number of fused-ring (bicyclic) bond motifs is 8. The van der Waals surface area contributed by atoms with Crippen molar-refractivity contribution >= 4 is 62.0 Å². The second-order valence-electron chi connectivity index (χ2n) is 22.6. The maximum absolute atomic E-state index is 13.2. The molecule has 3 spiro atoms. The molecule has 7 aromatic rings. The van der Waals surface area contributed by atoms with Gasteiger partial charge < -0.3 is 60.0 Å². The van der Waals surface area contributed by atoms with E-state index in [1.165, 1.54) is 28.0 Å². The van der Waals surface area contributed by atoms with E-state index in [9.17, 15) is 19.2 Å². The molecule has 7 aliphatic rings. The first-order valence-corrected chi connectivity index (χ1v) is 30.0. The largest absolute Gasteiger partial charge is 0.493 e. The van der Waals surface area contributed by atoms with Gasteiger partial charge in [-0.2, -0.15) is 0 Å². The first kappa shape index (κ1) is 56.0. The number of para-hydroxylation sites is 2. The first-order valence-electron chi connectivity index (χ1n) is 28.4. The molecule has 2 aromatic heterocycles. The molecule has 0 unspecified atom stereocenters. The fourth-order valence-corrected chi connectivity index (χ4v) is 14.3. The van der Waals surface area contributed by atoms with Gasteiger partial charge in [0.2, 0.25) is 0 Å². The summed E-state index contributed by atoms with van der Waals surface area (Å²) >= 11 is 4.92. The number of amides is 3. The number of halogens is 1. The molecule has 430 valence electrons. The predicted molar refractivity (Wildman–Crippen MR) is 322 cm³/mol. The van der Waals surface area contributed by atoms with Crippen LogP contribution in [0.2, 0.25) is 0 Å². The lowest BCUT2D eigenvalue weighted by Crippen LogP contribution is -2.47. The molecule has 6 N–H and O–H groups in total. The van der Waals surface area contributed by atoms with E-state index in [2.05, 4.69) is 34.1 Å². The average molecular weight is 1200 g/mol. The number of carbonyl (C=O) groups excluding carboxylic acids is 3. The molecule has 0 saturated carbocycles. The number of ether oxygens (including phenoxy) is 5. The number of nitrogens with zero attached hydrogens (tertiary/aromatic N) is 3. The van der Waals surface area contributed by atoms with Crippen molar-refractivity contribution < 1.29 is 42.5 Å². The second-order valence-corrected chi connectivity index (χ2v) is 25.1. The zero-order chi connectivity index (χ0) is 57.5.